The lowest BCUT2D eigenvalue weighted by atomic mass is 9.90. The molecular formula is C20H28N2O3. The van der Waals surface area contributed by atoms with Gasteiger partial charge in [-0.2, -0.15) is 0 Å². The van der Waals surface area contributed by atoms with Crippen LogP contribution in [0.1, 0.15) is 43.6 Å². The van der Waals surface area contributed by atoms with Gasteiger partial charge in [0.05, 0.1) is 19.8 Å². The maximum atomic E-state index is 12.4. The average Bonchev–Trinajstić information content (AvgIpc) is 3.28. The molecule has 1 aromatic carbocycles. The number of carbonyl (C=O) groups excluding carboxylic acids is 1. The van der Waals surface area contributed by atoms with Crippen molar-refractivity contribution >= 4 is 5.91 Å². The Labute approximate surface area is 149 Å². The van der Waals surface area contributed by atoms with E-state index in [9.17, 15) is 4.79 Å². The number of carbonyl (C=O) groups is 1. The van der Waals surface area contributed by atoms with Gasteiger partial charge in [-0.3, -0.25) is 9.69 Å². The van der Waals surface area contributed by atoms with Crippen LogP contribution in [-0.2, 0) is 14.3 Å². The Kier molecular flexibility index (Phi) is 5.06. The van der Waals surface area contributed by atoms with Crippen LogP contribution < -0.4 is 5.32 Å². The van der Waals surface area contributed by atoms with Crippen molar-refractivity contribution in [2.75, 3.05) is 32.8 Å². The molecule has 1 amide bonds. The van der Waals surface area contributed by atoms with Gasteiger partial charge in [0, 0.05) is 25.4 Å². The molecule has 2 aliphatic heterocycles. The molecule has 2 saturated heterocycles. The molecular weight excluding hydrogens is 316 g/mol. The molecule has 0 radical (unpaired) electrons. The van der Waals surface area contributed by atoms with E-state index in [0.717, 1.165) is 45.2 Å². The number of ether oxygens (including phenoxy) is 2. The van der Waals surface area contributed by atoms with Crippen LogP contribution in [0.4, 0.5) is 0 Å². The molecule has 1 aliphatic carbocycles. The maximum absolute atomic E-state index is 12.4. The second kappa shape index (κ2) is 7.44. The summed E-state index contributed by atoms with van der Waals surface area (Å²) in [6.45, 7) is 3.90. The zero-order chi connectivity index (χ0) is 17.1. The highest BCUT2D eigenvalue weighted by molar-refractivity contribution is 5.78. The molecule has 5 nitrogen and oxygen atoms in total. The highest BCUT2D eigenvalue weighted by Crippen LogP contribution is 2.35. The SMILES string of the molecule is O=C(CN1CC[C@H](c2ccccc2)C1)NC1CCC2(CC1)OCCO2. The summed E-state index contributed by atoms with van der Waals surface area (Å²) in [7, 11) is 0. The second-order valence-electron chi connectivity index (χ2n) is 7.58. The van der Waals surface area contributed by atoms with E-state index in [-0.39, 0.29) is 17.7 Å². The van der Waals surface area contributed by atoms with Gasteiger partial charge in [0.1, 0.15) is 0 Å². The molecule has 1 aromatic rings. The van der Waals surface area contributed by atoms with E-state index in [1.807, 2.05) is 0 Å². The van der Waals surface area contributed by atoms with E-state index in [4.69, 9.17) is 9.47 Å². The van der Waals surface area contributed by atoms with E-state index in [2.05, 4.69) is 40.5 Å². The third-order valence-corrected chi connectivity index (χ3v) is 5.84. The molecule has 25 heavy (non-hydrogen) atoms. The number of rotatable bonds is 4. The van der Waals surface area contributed by atoms with Gasteiger partial charge in [-0.05, 0) is 37.3 Å². The third-order valence-electron chi connectivity index (χ3n) is 5.84. The summed E-state index contributed by atoms with van der Waals surface area (Å²) in [6, 6.07) is 10.9. The molecule has 5 heteroatoms. The van der Waals surface area contributed by atoms with E-state index in [1.54, 1.807) is 0 Å². The molecule has 1 spiro atoms. The largest absolute Gasteiger partial charge is 0.352 e. The lowest BCUT2D eigenvalue weighted by Gasteiger charge is -2.35. The first-order valence-corrected chi connectivity index (χ1v) is 9.57. The highest BCUT2D eigenvalue weighted by Gasteiger charge is 2.40. The zero-order valence-electron chi connectivity index (χ0n) is 14.8. The lowest BCUT2D eigenvalue weighted by molar-refractivity contribution is -0.180. The summed E-state index contributed by atoms with van der Waals surface area (Å²) in [4.78, 5) is 14.7. The second-order valence-corrected chi connectivity index (χ2v) is 7.58. The Hall–Kier alpha value is -1.43. The van der Waals surface area contributed by atoms with Crippen molar-refractivity contribution in [2.24, 2.45) is 0 Å². The molecule has 1 saturated carbocycles. The van der Waals surface area contributed by atoms with E-state index in [1.165, 1.54) is 5.56 Å². The Bertz CT molecular complexity index is 576. The number of hydrogen-bond donors (Lipinski definition) is 1. The molecule has 1 atom stereocenters. The number of hydrogen-bond acceptors (Lipinski definition) is 4. The van der Waals surface area contributed by atoms with Crippen LogP contribution in [0.15, 0.2) is 30.3 Å². The quantitative estimate of drug-likeness (QED) is 0.910. The summed E-state index contributed by atoms with van der Waals surface area (Å²) in [5.74, 6) is 0.363. The molecule has 3 fully saturated rings. The summed E-state index contributed by atoms with van der Waals surface area (Å²) in [5, 5.41) is 3.22. The molecule has 0 aromatic heterocycles. The Morgan fingerprint density at radius 3 is 2.56 bits per heavy atom. The van der Waals surface area contributed by atoms with Crippen LogP contribution in [0.25, 0.3) is 0 Å². The van der Waals surface area contributed by atoms with Crippen LogP contribution in [-0.4, -0.2) is 55.5 Å². The zero-order valence-corrected chi connectivity index (χ0v) is 14.8. The monoisotopic (exact) mass is 344 g/mol. The summed E-state index contributed by atoms with van der Waals surface area (Å²) < 4.78 is 11.5. The molecule has 1 N–H and O–H groups in total. The molecule has 0 unspecified atom stereocenters. The summed E-state index contributed by atoms with van der Waals surface area (Å²) in [5.41, 5.74) is 1.39. The predicted molar refractivity (Wildman–Crippen MR) is 95.3 cm³/mol. The normalized spacial score (nSPS) is 27.0. The van der Waals surface area contributed by atoms with Gasteiger partial charge in [-0.1, -0.05) is 30.3 Å². The van der Waals surface area contributed by atoms with Crippen molar-refractivity contribution < 1.29 is 14.3 Å². The van der Waals surface area contributed by atoms with E-state index in [0.29, 0.717) is 25.7 Å². The Balaban J connectivity index is 1.21. The van der Waals surface area contributed by atoms with Crippen LogP contribution >= 0.6 is 0 Å². The minimum atomic E-state index is -0.348. The predicted octanol–water partition coefficient (Wildman–Crippen LogP) is 2.28. The first-order valence-electron chi connectivity index (χ1n) is 9.57. The molecule has 4 rings (SSSR count). The fraction of sp³-hybridized carbons (Fsp3) is 0.650. The average molecular weight is 344 g/mol. The standard InChI is InChI=1S/C20H28N2O3/c23-19(21-18-6-9-20(10-7-18)24-12-13-25-20)15-22-11-8-17(14-22)16-4-2-1-3-5-16/h1-5,17-18H,6-15H2,(H,21,23)/t17-/m0/s1. The van der Waals surface area contributed by atoms with E-state index < -0.39 is 0 Å². The number of benzene rings is 1. The van der Waals surface area contributed by atoms with Gasteiger partial charge in [0.25, 0.3) is 0 Å². The number of amides is 1. The Morgan fingerprint density at radius 2 is 1.84 bits per heavy atom. The van der Waals surface area contributed by atoms with Crippen molar-refractivity contribution in [1.82, 2.24) is 10.2 Å². The number of likely N-dealkylation sites (tertiary alicyclic amines) is 1. The summed E-state index contributed by atoms with van der Waals surface area (Å²) in [6.07, 6.45) is 4.80. The van der Waals surface area contributed by atoms with Gasteiger partial charge >= 0.3 is 0 Å². The minimum Gasteiger partial charge on any atom is -0.352 e. The third kappa shape index (κ3) is 4.05. The lowest BCUT2D eigenvalue weighted by Crippen LogP contribution is -2.46. The van der Waals surface area contributed by atoms with Crippen LogP contribution in [0.2, 0.25) is 0 Å². The fourth-order valence-electron chi connectivity index (χ4n) is 4.44. The van der Waals surface area contributed by atoms with Crippen molar-refractivity contribution in [3.8, 4) is 0 Å². The maximum Gasteiger partial charge on any atom is 0.234 e. The molecule has 136 valence electrons. The van der Waals surface area contributed by atoms with Crippen molar-refractivity contribution in [3.63, 3.8) is 0 Å². The van der Waals surface area contributed by atoms with Gasteiger partial charge in [-0.15, -0.1) is 0 Å². The minimum absolute atomic E-state index is 0.155. The molecule has 0 bridgehead atoms. The van der Waals surface area contributed by atoms with Crippen molar-refractivity contribution in [3.05, 3.63) is 35.9 Å². The first kappa shape index (κ1) is 17.0. The molecule has 3 aliphatic rings. The summed E-state index contributed by atoms with van der Waals surface area (Å²) >= 11 is 0. The van der Waals surface area contributed by atoms with Crippen molar-refractivity contribution in [1.29, 1.82) is 0 Å². The fourth-order valence-corrected chi connectivity index (χ4v) is 4.44. The number of nitrogens with one attached hydrogen (secondary N) is 1. The van der Waals surface area contributed by atoms with Crippen molar-refractivity contribution in [2.45, 2.75) is 49.9 Å². The topological polar surface area (TPSA) is 50.8 Å². The highest BCUT2D eigenvalue weighted by atomic mass is 16.7. The van der Waals surface area contributed by atoms with Crippen LogP contribution in [0.5, 0.6) is 0 Å². The van der Waals surface area contributed by atoms with Gasteiger partial charge < -0.3 is 14.8 Å². The van der Waals surface area contributed by atoms with Gasteiger partial charge in [-0.25, -0.2) is 0 Å². The van der Waals surface area contributed by atoms with Crippen LogP contribution in [0.3, 0.4) is 0 Å². The molecule has 2 heterocycles. The van der Waals surface area contributed by atoms with Crippen LogP contribution in [0, 0.1) is 0 Å². The smallest absolute Gasteiger partial charge is 0.234 e. The van der Waals surface area contributed by atoms with E-state index >= 15 is 0 Å². The number of nitrogens with zero attached hydrogens (tertiary/aromatic N) is 1. The Morgan fingerprint density at radius 1 is 1.12 bits per heavy atom. The van der Waals surface area contributed by atoms with Gasteiger partial charge in [0.2, 0.25) is 5.91 Å². The van der Waals surface area contributed by atoms with Gasteiger partial charge in [0.15, 0.2) is 5.79 Å². The first-order chi connectivity index (χ1) is 12.2.